The molecule has 1 aliphatic heterocycles. The molecule has 0 spiro atoms. The third-order valence-corrected chi connectivity index (χ3v) is 7.74. The van der Waals surface area contributed by atoms with Crippen LogP contribution in [-0.4, -0.2) is 39.1 Å². The van der Waals surface area contributed by atoms with Gasteiger partial charge in [0.05, 0.1) is 28.3 Å². The van der Waals surface area contributed by atoms with Crippen LogP contribution >= 0.6 is 0 Å². The zero-order chi connectivity index (χ0) is 24.5. The highest BCUT2D eigenvalue weighted by atomic mass is 32.2. The van der Waals surface area contributed by atoms with Crippen LogP contribution in [0.5, 0.6) is 5.75 Å². The third-order valence-electron chi connectivity index (χ3n) is 6.45. The maximum Gasteiger partial charge on any atom is 0.283 e. The molecule has 0 atom stereocenters. The van der Waals surface area contributed by atoms with Crippen molar-refractivity contribution in [3.05, 3.63) is 78.1 Å². The number of benzene rings is 2. The summed E-state index contributed by atoms with van der Waals surface area (Å²) in [6, 6.07) is 17.2. The standard InChI is InChI=1S/C26H20N4O4S/c1-15-9-11-16(12-10-15)35(33,34)28-22-20(31)14-30-19-8-4-3-6-17(19)25(32)24(30)21-18-7-5-13-27-26(18)29(2)23(21)22/h3-13,32H,14H2,1-2H3/b28-22+. The minimum Gasteiger partial charge on any atom is -0.505 e. The number of aromatic nitrogens is 3. The molecular formula is C26H20N4O4S. The van der Waals surface area contributed by atoms with E-state index in [0.717, 1.165) is 5.56 Å². The summed E-state index contributed by atoms with van der Waals surface area (Å²) in [6.45, 7) is 1.69. The highest BCUT2D eigenvalue weighted by Gasteiger charge is 2.35. The number of para-hydroxylation sites is 1. The van der Waals surface area contributed by atoms with E-state index in [1.807, 2.05) is 31.2 Å². The quantitative estimate of drug-likeness (QED) is 0.408. The molecule has 0 saturated heterocycles. The smallest absolute Gasteiger partial charge is 0.283 e. The Morgan fingerprint density at radius 1 is 0.971 bits per heavy atom. The van der Waals surface area contributed by atoms with Gasteiger partial charge in [-0.1, -0.05) is 29.8 Å². The summed E-state index contributed by atoms with van der Waals surface area (Å²) in [4.78, 5) is 18.1. The van der Waals surface area contributed by atoms with Gasteiger partial charge in [0.2, 0.25) is 5.78 Å². The van der Waals surface area contributed by atoms with E-state index in [4.69, 9.17) is 0 Å². The molecule has 0 aliphatic carbocycles. The summed E-state index contributed by atoms with van der Waals surface area (Å²) in [5.74, 6) is -0.457. The summed E-state index contributed by atoms with van der Waals surface area (Å²) >= 11 is 0. The number of carbonyl (C=O) groups is 1. The molecule has 3 aromatic heterocycles. The first-order valence-electron chi connectivity index (χ1n) is 11.0. The van der Waals surface area contributed by atoms with Gasteiger partial charge < -0.3 is 14.2 Å². The minimum atomic E-state index is -4.18. The lowest BCUT2D eigenvalue weighted by Crippen LogP contribution is -2.23. The first-order valence-corrected chi connectivity index (χ1v) is 12.4. The average molecular weight is 485 g/mol. The van der Waals surface area contributed by atoms with Gasteiger partial charge >= 0.3 is 0 Å². The van der Waals surface area contributed by atoms with Gasteiger partial charge in [0, 0.05) is 29.6 Å². The predicted octanol–water partition coefficient (Wildman–Crippen LogP) is 3.97. The van der Waals surface area contributed by atoms with Crippen LogP contribution < -0.4 is 0 Å². The van der Waals surface area contributed by atoms with Crippen molar-refractivity contribution in [1.82, 2.24) is 14.1 Å². The first-order chi connectivity index (χ1) is 16.8. The molecule has 4 heterocycles. The topological polar surface area (TPSA) is 107 Å². The van der Waals surface area contributed by atoms with Crippen molar-refractivity contribution in [2.45, 2.75) is 18.4 Å². The van der Waals surface area contributed by atoms with Gasteiger partial charge in [-0.05, 0) is 43.3 Å². The number of aromatic hydroxyl groups is 1. The fraction of sp³-hybridized carbons (Fsp3) is 0.115. The first kappa shape index (κ1) is 21.3. The Bertz CT molecular complexity index is 1830. The SMILES string of the molecule is Cc1ccc(S(=O)(=O)/N=C2\C(=O)Cn3c(c(O)c4ccccc43)-c3c2n(C)c2ncccc32)cc1. The summed E-state index contributed by atoms with van der Waals surface area (Å²) in [5, 5.41) is 12.6. The average Bonchev–Trinajstić information content (AvgIpc) is 3.24. The summed E-state index contributed by atoms with van der Waals surface area (Å²) in [6.07, 6.45) is 1.62. The van der Waals surface area contributed by atoms with Crippen LogP contribution in [0.25, 0.3) is 33.2 Å². The van der Waals surface area contributed by atoms with E-state index >= 15 is 0 Å². The van der Waals surface area contributed by atoms with E-state index in [0.29, 0.717) is 38.9 Å². The Kier molecular flexibility index (Phi) is 4.49. The molecule has 8 nitrogen and oxygen atoms in total. The molecule has 1 N–H and O–H groups in total. The number of hydrogen-bond donors (Lipinski definition) is 1. The molecule has 2 aromatic carbocycles. The minimum absolute atomic E-state index is 0.000931. The molecular weight excluding hydrogens is 464 g/mol. The fourth-order valence-electron chi connectivity index (χ4n) is 4.81. The molecule has 9 heteroatoms. The fourth-order valence-corrected chi connectivity index (χ4v) is 5.82. The molecule has 0 fully saturated rings. The van der Waals surface area contributed by atoms with Crippen LogP contribution in [0.15, 0.2) is 76.2 Å². The number of ketones is 1. The lowest BCUT2D eigenvalue weighted by molar-refractivity contribution is -0.113. The van der Waals surface area contributed by atoms with Gasteiger partial charge in [-0.15, -0.1) is 0 Å². The van der Waals surface area contributed by atoms with Gasteiger partial charge in [-0.3, -0.25) is 4.79 Å². The van der Waals surface area contributed by atoms with E-state index in [2.05, 4.69) is 9.38 Å². The molecule has 0 unspecified atom stereocenters. The lowest BCUT2D eigenvalue weighted by atomic mass is 10.0. The molecule has 5 aromatic rings. The summed E-state index contributed by atoms with van der Waals surface area (Å²) < 4.78 is 34.0. The van der Waals surface area contributed by atoms with Crippen molar-refractivity contribution in [2.75, 3.05) is 0 Å². The van der Waals surface area contributed by atoms with Crippen LogP contribution in [0, 0.1) is 6.92 Å². The van der Waals surface area contributed by atoms with Crippen LogP contribution in [0.2, 0.25) is 0 Å². The van der Waals surface area contributed by atoms with Crippen molar-refractivity contribution >= 4 is 43.5 Å². The maximum atomic E-state index is 13.7. The third kappa shape index (κ3) is 3.05. The zero-order valence-corrected chi connectivity index (χ0v) is 19.7. The Morgan fingerprint density at radius 3 is 2.46 bits per heavy atom. The number of carbonyl (C=O) groups excluding carboxylic acids is 1. The maximum absolute atomic E-state index is 13.7. The number of hydrogen-bond acceptors (Lipinski definition) is 5. The second-order valence-corrected chi connectivity index (χ2v) is 10.2. The molecule has 1 aliphatic rings. The zero-order valence-electron chi connectivity index (χ0n) is 18.9. The molecule has 0 saturated carbocycles. The van der Waals surface area contributed by atoms with Gasteiger partial charge in [0.15, 0.2) is 0 Å². The number of Topliss-reactive ketones (excluding diaryl/α,β-unsaturated/α-hetero) is 1. The Hall–Kier alpha value is -4.24. The number of fused-ring (bicyclic) bond motifs is 7. The van der Waals surface area contributed by atoms with Crippen molar-refractivity contribution < 1.29 is 18.3 Å². The number of rotatable bonds is 2. The van der Waals surface area contributed by atoms with Crippen molar-refractivity contribution in [1.29, 1.82) is 0 Å². The summed E-state index contributed by atoms with van der Waals surface area (Å²) in [7, 11) is -2.47. The van der Waals surface area contributed by atoms with Crippen molar-refractivity contribution in [3.8, 4) is 17.0 Å². The molecule has 0 amide bonds. The molecule has 0 bridgehead atoms. The second-order valence-electron chi connectivity index (χ2n) is 8.61. The second kappa shape index (κ2) is 7.38. The van der Waals surface area contributed by atoms with E-state index in [1.54, 1.807) is 46.6 Å². The molecule has 174 valence electrons. The van der Waals surface area contributed by atoms with E-state index in [9.17, 15) is 18.3 Å². The monoisotopic (exact) mass is 484 g/mol. The normalized spacial score (nSPS) is 14.9. The largest absolute Gasteiger partial charge is 0.505 e. The molecule has 0 radical (unpaired) electrons. The van der Waals surface area contributed by atoms with Crippen LogP contribution in [0.4, 0.5) is 0 Å². The number of nitrogens with zero attached hydrogens (tertiary/aromatic N) is 4. The molecule has 35 heavy (non-hydrogen) atoms. The van der Waals surface area contributed by atoms with Crippen LogP contribution in [-0.2, 0) is 28.4 Å². The Morgan fingerprint density at radius 2 is 1.69 bits per heavy atom. The lowest BCUT2D eigenvalue weighted by Gasteiger charge is -2.08. The van der Waals surface area contributed by atoms with Crippen LogP contribution in [0.3, 0.4) is 0 Å². The van der Waals surface area contributed by atoms with Gasteiger partial charge in [0.25, 0.3) is 10.0 Å². The van der Waals surface area contributed by atoms with E-state index in [1.165, 1.54) is 12.1 Å². The highest BCUT2D eigenvalue weighted by Crippen LogP contribution is 2.45. The van der Waals surface area contributed by atoms with Crippen molar-refractivity contribution in [3.63, 3.8) is 0 Å². The number of aryl methyl sites for hydroxylation is 2. The number of pyridine rings is 1. The molecule has 6 rings (SSSR count). The van der Waals surface area contributed by atoms with Crippen molar-refractivity contribution in [2.24, 2.45) is 11.4 Å². The number of sulfonamides is 1. The van der Waals surface area contributed by atoms with Crippen LogP contribution in [0.1, 0.15) is 11.3 Å². The highest BCUT2D eigenvalue weighted by molar-refractivity contribution is 7.90. The summed E-state index contributed by atoms with van der Waals surface area (Å²) in [5.41, 5.74) is 3.20. The van der Waals surface area contributed by atoms with Gasteiger partial charge in [-0.2, -0.15) is 12.8 Å². The van der Waals surface area contributed by atoms with Gasteiger partial charge in [0.1, 0.15) is 17.1 Å². The van der Waals surface area contributed by atoms with E-state index < -0.39 is 15.8 Å². The van der Waals surface area contributed by atoms with Gasteiger partial charge in [-0.25, -0.2) is 4.98 Å². The predicted molar refractivity (Wildman–Crippen MR) is 133 cm³/mol. The Labute approximate surface area is 200 Å². The van der Waals surface area contributed by atoms with E-state index in [-0.39, 0.29) is 22.9 Å². The Balaban J connectivity index is 1.73.